The van der Waals surface area contributed by atoms with Crippen LogP contribution in [-0.2, 0) is 16.2 Å². The Hall–Kier alpha value is -1.86. The molecule has 0 saturated carbocycles. The minimum absolute atomic E-state index is 0.0977. The van der Waals surface area contributed by atoms with E-state index in [1.165, 1.54) is 43.4 Å². The SMILES string of the molecule is CC(C)(C)c1ccc2c(c1)C(C)(c1ccccc1)c1cc(C(C)(C)C)cc(Br)c1-2. The Kier molecular flexibility index (Phi) is 4.63. The first-order valence-corrected chi connectivity index (χ1v) is 11.3. The Morgan fingerprint density at radius 3 is 1.86 bits per heavy atom. The monoisotopic (exact) mass is 446 g/mol. The van der Waals surface area contributed by atoms with Crippen molar-refractivity contribution >= 4 is 15.9 Å². The molecule has 0 amide bonds. The molecular weight excluding hydrogens is 416 g/mol. The summed E-state index contributed by atoms with van der Waals surface area (Å²) in [4.78, 5) is 0. The topological polar surface area (TPSA) is 0 Å². The third kappa shape index (κ3) is 3.19. The number of benzene rings is 3. The van der Waals surface area contributed by atoms with Gasteiger partial charge in [-0.3, -0.25) is 0 Å². The molecule has 3 aromatic rings. The van der Waals surface area contributed by atoms with Gasteiger partial charge < -0.3 is 0 Å². The predicted octanol–water partition coefficient (Wildman–Crippen LogP) is 8.38. The Morgan fingerprint density at radius 2 is 1.28 bits per heavy atom. The molecule has 0 radical (unpaired) electrons. The molecule has 0 spiro atoms. The second kappa shape index (κ2) is 6.57. The Balaban J connectivity index is 2.10. The fourth-order valence-corrected chi connectivity index (χ4v) is 5.25. The van der Waals surface area contributed by atoms with E-state index < -0.39 is 0 Å². The standard InChI is InChI=1S/C28H31Br/c1-26(2,3)19-13-14-21-22(15-19)28(7,18-11-9-8-10-12-18)23-16-20(27(4,5)6)17-24(29)25(21)23/h8-17H,1-7H3. The Bertz CT molecular complexity index is 1080. The van der Waals surface area contributed by atoms with Gasteiger partial charge in [-0.05, 0) is 57.2 Å². The van der Waals surface area contributed by atoms with Gasteiger partial charge in [-0.1, -0.05) is 112 Å². The first-order chi connectivity index (χ1) is 13.4. The molecule has 3 aromatic carbocycles. The van der Waals surface area contributed by atoms with Gasteiger partial charge in [0.15, 0.2) is 0 Å². The molecule has 1 heteroatoms. The molecule has 0 heterocycles. The summed E-state index contributed by atoms with van der Waals surface area (Å²) >= 11 is 3.94. The van der Waals surface area contributed by atoms with E-state index in [1.54, 1.807) is 0 Å². The van der Waals surface area contributed by atoms with Crippen LogP contribution >= 0.6 is 15.9 Å². The third-order valence-corrected chi connectivity index (χ3v) is 7.17. The molecule has 150 valence electrons. The van der Waals surface area contributed by atoms with Crippen molar-refractivity contribution in [1.29, 1.82) is 0 Å². The zero-order chi connectivity index (χ0) is 21.2. The van der Waals surface area contributed by atoms with Gasteiger partial charge in [-0.2, -0.15) is 0 Å². The molecule has 1 unspecified atom stereocenters. The van der Waals surface area contributed by atoms with Crippen LogP contribution in [0, 0.1) is 0 Å². The zero-order valence-electron chi connectivity index (χ0n) is 18.7. The van der Waals surface area contributed by atoms with Crippen molar-refractivity contribution in [1.82, 2.24) is 0 Å². The Morgan fingerprint density at radius 1 is 0.690 bits per heavy atom. The Labute approximate surface area is 184 Å². The van der Waals surface area contributed by atoms with Gasteiger partial charge >= 0.3 is 0 Å². The highest BCUT2D eigenvalue weighted by atomic mass is 79.9. The zero-order valence-corrected chi connectivity index (χ0v) is 20.2. The quantitative estimate of drug-likeness (QED) is 0.351. The van der Waals surface area contributed by atoms with Crippen LogP contribution in [0.5, 0.6) is 0 Å². The van der Waals surface area contributed by atoms with Gasteiger partial charge in [0, 0.05) is 15.5 Å². The van der Waals surface area contributed by atoms with Crippen LogP contribution in [0.3, 0.4) is 0 Å². The highest BCUT2D eigenvalue weighted by Crippen LogP contribution is 2.56. The molecule has 1 atom stereocenters. The van der Waals surface area contributed by atoms with E-state index in [0.29, 0.717) is 0 Å². The first kappa shape index (κ1) is 20.4. The number of hydrogen-bond donors (Lipinski definition) is 0. The molecular formula is C28H31Br. The molecule has 0 nitrogen and oxygen atoms in total. The van der Waals surface area contributed by atoms with Gasteiger partial charge in [0.05, 0.1) is 0 Å². The third-order valence-electron chi connectivity index (χ3n) is 6.54. The second-order valence-electron chi connectivity index (χ2n) is 10.6. The smallest absolute Gasteiger partial charge is 0.0436 e. The van der Waals surface area contributed by atoms with E-state index in [4.69, 9.17) is 0 Å². The van der Waals surface area contributed by atoms with Gasteiger partial charge in [-0.25, -0.2) is 0 Å². The molecule has 4 rings (SSSR count). The van der Waals surface area contributed by atoms with Crippen LogP contribution in [0.4, 0.5) is 0 Å². The lowest BCUT2D eigenvalue weighted by molar-refractivity contribution is 0.584. The van der Waals surface area contributed by atoms with Gasteiger partial charge in [0.2, 0.25) is 0 Å². The van der Waals surface area contributed by atoms with Crippen molar-refractivity contribution in [2.75, 3.05) is 0 Å². The largest absolute Gasteiger partial charge is 0.0622 e. The van der Waals surface area contributed by atoms with E-state index in [-0.39, 0.29) is 16.2 Å². The number of hydrogen-bond acceptors (Lipinski definition) is 0. The van der Waals surface area contributed by atoms with E-state index >= 15 is 0 Å². The van der Waals surface area contributed by atoms with E-state index in [9.17, 15) is 0 Å². The molecule has 0 fully saturated rings. The van der Waals surface area contributed by atoms with Crippen molar-refractivity contribution in [2.24, 2.45) is 0 Å². The van der Waals surface area contributed by atoms with Crippen molar-refractivity contribution in [3.8, 4) is 11.1 Å². The molecule has 0 N–H and O–H groups in total. The lowest BCUT2D eigenvalue weighted by Crippen LogP contribution is -2.24. The predicted molar refractivity (Wildman–Crippen MR) is 129 cm³/mol. The fourth-order valence-electron chi connectivity index (χ4n) is 4.58. The molecule has 0 aliphatic heterocycles. The van der Waals surface area contributed by atoms with Crippen LogP contribution in [-0.4, -0.2) is 0 Å². The van der Waals surface area contributed by atoms with Gasteiger partial charge in [0.25, 0.3) is 0 Å². The van der Waals surface area contributed by atoms with Gasteiger partial charge in [0.1, 0.15) is 0 Å². The van der Waals surface area contributed by atoms with Crippen LogP contribution < -0.4 is 0 Å². The summed E-state index contributed by atoms with van der Waals surface area (Å²) in [5.74, 6) is 0. The minimum Gasteiger partial charge on any atom is -0.0622 e. The molecule has 1 aliphatic carbocycles. The average molecular weight is 447 g/mol. The fraction of sp³-hybridized carbons (Fsp3) is 0.357. The lowest BCUT2D eigenvalue weighted by atomic mass is 9.72. The molecule has 0 bridgehead atoms. The highest BCUT2D eigenvalue weighted by molar-refractivity contribution is 9.10. The summed E-state index contributed by atoms with van der Waals surface area (Å²) in [7, 11) is 0. The van der Waals surface area contributed by atoms with Crippen molar-refractivity contribution < 1.29 is 0 Å². The summed E-state index contributed by atoms with van der Waals surface area (Å²) < 4.78 is 1.20. The first-order valence-electron chi connectivity index (χ1n) is 10.5. The maximum Gasteiger partial charge on any atom is 0.0436 e. The van der Waals surface area contributed by atoms with E-state index in [0.717, 1.165) is 0 Å². The number of fused-ring (bicyclic) bond motifs is 3. The van der Waals surface area contributed by atoms with Crippen molar-refractivity contribution in [3.63, 3.8) is 0 Å². The van der Waals surface area contributed by atoms with E-state index in [2.05, 4.69) is 125 Å². The summed E-state index contributed by atoms with van der Waals surface area (Å²) in [5.41, 5.74) is 9.68. The highest BCUT2D eigenvalue weighted by Gasteiger charge is 2.43. The molecule has 0 saturated heterocycles. The van der Waals surface area contributed by atoms with Crippen molar-refractivity contribution in [2.45, 2.75) is 64.7 Å². The molecule has 0 aromatic heterocycles. The average Bonchev–Trinajstić information content (AvgIpc) is 2.91. The van der Waals surface area contributed by atoms with Crippen LogP contribution in [0.15, 0.2) is 65.1 Å². The normalized spacial score (nSPS) is 18.5. The maximum absolute atomic E-state index is 3.94. The van der Waals surface area contributed by atoms with Crippen LogP contribution in [0.25, 0.3) is 11.1 Å². The van der Waals surface area contributed by atoms with Crippen molar-refractivity contribution in [3.05, 3.63) is 93.0 Å². The van der Waals surface area contributed by atoms with Crippen LogP contribution in [0.2, 0.25) is 0 Å². The summed E-state index contributed by atoms with van der Waals surface area (Å²) in [6.45, 7) is 16.2. The molecule has 1 aliphatic rings. The summed E-state index contributed by atoms with van der Waals surface area (Å²) in [6.07, 6.45) is 0. The summed E-state index contributed by atoms with van der Waals surface area (Å²) in [6, 6.07) is 22.8. The molecule has 29 heavy (non-hydrogen) atoms. The number of halogens is 1. The minimum atomic E-state index is -0.170. The lowest BCUT2D eigenvalue weighted by Gasteiger charge is -2.31. The van der Waals surface area contributed by atoms with Gasteiger partial charge in [-0.15, -0.1) is 0 Å². The van der Waals surface area contributed by atoms with Crippen LogP contribution in [0.1, 0.15) is 76.3 Å². The van der Waals surface area contributed by atoms with E-state index in [1.807, 2.05) is 0 Å². The second-order valence-corrected chi connectivity index (χ2v) is 11.5. The summed E-state index contributed by atoms with van der Waals surface area (Å²) in [5, 5.41) is 0. The maximum atomic E-state index is 3.94. The number of rotatable bonds is 1.